The minimum atomic E-state index is -4.85. The highest BCUT2D eigenvalue weighted by molar-refractivity contribution is 6.30. The second-order valence-corrected chi connectivity index (χ2v) is 4.44. The van der Waals surface area contributed by atoms with Gasteiger partial charge in [-0.15, -0.1) is 0 Å². The normalized spacial score (nSPS) is 11.3. The van der Waals surface area contributed by atoms with Gasteiger partial charge >= 0.3 is 6.18 Å². The van der Waals surface area contributed by atoms with E-state index in [4.69, 9.17) is 11.6 Å². The molecule has 0 atom stereocenters. The van der Waals surface area contributed by atoms with Crippen molar-refractivity contribution in [2.75, 3.05) is 5.32 Å². The van der Waals surface area contributed by atoms with E-state index in [1.54, 1.807) is 0 Å². The van der Waals surface area contributed by atoms with Gasteiger partial charge in [0.1, 0.15) is 11.5 Å². The van der Waals surface area contributed by atoms with E-state index in [2.05, 4.69) is 10.3 Å². The average Bonchev–Trinajstić information content (AvgIpc) is 2.39. The van der Waals surface area contributed by atoms with E-state index in [1.807, 2.05) is 0 Å². The molecule has 0 aliphatic carbocycles. The molecular formula is C13H7ClF4N2O. The monoisotopic (exact) mass is 318 g/mol. The van der Waals surface area contributed by atoms with E-state index in [-0.39, 0.29) is 16.4 Å². The van der Waals surface area contributed by atoms with Crippen LogP contribution in [0.3, 0.4) is 0 Å². The summed E-state index contributed by atoms with van der Waals surface area (Å²) in [6.45, 7) is 0. The van der Waals surface area contributed by atoms with Crippen LogP contribution in [0.25, 0.3) is 0 Å². The molecule has 1 aromatic heterocycles. The Hall–Kier alpha value is -2.15. The highest BCUT2D eigenvalue weighted by Gasteiger charge is 2.34. The predicted molar refractivity (Wildman–Crippen MR) is 68.6 cm³/mol. The molecule has 0 fully saturated rings. The maximum Gasteiger partial charge on any atom is 0.419 e. The topological polar surface area (TPSA) is 42.0 Å². The van der Waals surface area contributed by atoms with Gasteiger partial charge in [-0.25, -0.2) is 4.39 Å². The molecule has 0 unspecified atom stereocenters. The lowest BCUT2D eigenvalue weighted by Crippen LogP contribution is -2.15. The Morgan fingerprint density at radius 2 is 1.90 bits per heavy atom. The Bertz CT molecular complexity index is 688. The van der Waals surface area contributed by atoms with Crippen molar-refractivity contribution in [2.45, 2.75) is 6.18 Å². The SMILES string of the molecule is O=C(Nc1ccc(F)c(C(F)(F)F)c1)c1cc(Cl)ccn1. The largest absolute Gasteiger partial charge is 0.419 e. The fraction of sp³-hybridized carbons (Fsp3) is 0.0769. The highest BCUT2D eigenvalue weighted by atomic mass is 35.5. The number of aromatic nitrogens is 1. The summed E-state index contributed by atoms with van der Waals surface area (Å²) in [7, 11) is 0. The molecule has 1 amide bonds. The minimum Gasteiger partial charge on any atom is -0.321 e. The number of alkyl halides is 3. The maximum absolute atomic E-state index is 13.1. The van der Waals surface area contributed by atoms with E-state index < -0.39 is 23.5 Å². The third kappa shape index (κ3) is 3.69. The first-order chi connectivity index (χ1) is 9.77. The zero-order chi connectivity index (χ0) is 15.6. The van der Waals surface area contributed by atoms with Crippen LogP contribution in [0.5, 0.6) is 0 Å². The van der Waals surface area contributed by atoms with Crippen molar-refractivity contribution in [2.24, 2.45) is 0 Å². The Morgan fingerprint density at radius 1 is 1.19 bits per heavy atom. The van der Waals surface area contributed by atoms with Crippen LogP contribution in [0.2, 0.25) is 5.02 Å². The zero-order valence-corrected chi connectivity index (χ0v) is 11.0. The van der Waals surface area contributed by atoms with E-state index in [1.165, 1.54) is 18.3 Å². The van der Waals surface area contributed by atoms with Crippen LogP contribution in [0.4, 0.5) is 23.2 Å². The first kappa shape index (κ1) is 15.2. The molecular weight excluding hydrogens is 312 g/mol. The average molecular weight is 319 g/mol. The predicted octanol–water partition coefficient (Wildman–Crippen LogP) is 4.15. The molecule has 0 saturated heterocycles. The molecule has 0 aliphatic rings. The first-order valence-electron chi connectivity index (χ1n) is 5.57. The second kappa shape index (κ2) is 5.69. The molecule has 0 radical (unpaired) electrons. The third-order valence-electron chi connectivity index (χ3n) is 2.48. The molecule has 0 aliphatic heterocycles. The fourth-order valence-electron chi connectivity index (χ4n) is 1.54. The number of rotatable bonds is 2. The number of anilines is 1. The van der Waals surface area contributed by atoms with Crippen LogP contribution in [-0.2, 0) is 6.18 Å². The molecule has 0 bridgehead atoms. The summed E-state index contributed by atoms with van der Waals surface area (Å²) < 4.78 is 50.8. The molecule has 2 rings (SSSR count). The number of benzene rings is 1. The summed E-state index contributed by atoms with van der Waals surface area (Å²) in [5.74, 6) is -2.17. The van der Waals surface area contributed by atoms with Crippen LogP contribution in [0.1, 0.15) is 16.1 Å². The minimum absolute atomic E-state index is 0.0691. The van der Waals surface area contributed by atoms with Crippen molar-refractivity contribution in [1.82, 2.24) is 4.98 Å². The molecule has 21 heavy (non-hydrogen) atoms. The molecule has 1 heterocycles. The number of pyridine rings is 1. The first-order valence-corrected chi connectivity index (χ1v) is 5.95. The molecule has 0 saturated carbocycles. The van der Waals surface area contributed by atoms with Gasteiger partial charge in [0.25, 0.3) is 5.91 Å². The van der Waals surface area contributed by atoms with Crippen LogP contribution in [0.15, 0.2) is 36.5 Å². The summed E-state index contributed by atoms with van der Waals surface area (Å²) in [5, 5.41) is 2.45. The van der Waals surface area contributed by atoms with Crippen molar-refractivity contribution < 1.29 is 22.4 Å². The summed E-state index contributed by atoms with van der Waals surface area (Å²) in [5.41, 5.74) is -1.73. The van der Waals surface area contributed by atoms with Crippen LogP contribution < -0.4 is 5.32 Å². The second-order valence-electron chi connectivity index (χ2n) is 4.01. The van der Waals surface area contributed by atoms with E-state index in [0.29, 0.717) is 12.1 Å². The summed E-state index contributed by atoms with van der Waals surface area (Å²) >= 11 is 5.68. The summed E-state index contributed by atoms with van der Waals surface area (Å²) in [6, 6.07) is 4.86. The van der Waals surface area contributed by atoms with E-state index >= 15 is 0 Å². The number of nitrogens with one attached hydrogen (secondary N) is 1. The zero-order valence-electron chi connectivity index (χ0n) is 10.2. The van der Waals surface area contributed by atoms with Crippen molar-refractivity contribution in [3.05, 3.63) is 58.6 Å². The molecule has 2 aromatic rings. The Morgan fingerprint density at radius 3 is 2.52 bits per heavy atom. The maximum atomic E-state index is 13.1. The number of carbonyl (C=O) groups excluding carboxylic acids is 1. The van der Waals surface area contributed by atoms with Gasteiger partial charge in [0.2, 0.25) is 0 Å². The van der Waals surface area contributed by atoms with Crippen LogP contribution in [-0.4, -0.2) is 10.9 Å². The molecule has 110 valence electrons. The smallest absolute Gasteiger partial charge is 0.321 e. The molecule has 1 N–H and O–H groups in total. The number of amides is 1. The number of carbonyl (C=O) groups is 1. The molecule has 1 aromatic carbocycles. The van der Waals surface area contributed by atoms with Gasteiger partial charge in [-0.05, 0) is 30.3 Å². The van der Waals surface area contributed by atoms with Crippen molar-refractivity contribution in [1.29, 1.82) is 0 Å². The Labute approximate surface area is 121 Å². The van der Waals surface area contributed by atoms with Crippen molar-refractivity contribution >= 4 is 23.2 Å². The van der Waals surface area contributed by atoms with Crippen LogP contribution >= 0.6 is 11.6 Å². The fourth-order valence-corrected chi connectivity index (χ4v) is 1.70. The third-order valence-corrected chi connectivity index (χ3v) is 2.72. The summed E-state index contributed by atoms with van der Waals surface area (Å²) in [6.07, 6.45) is -3.57. The number of hydrogen-bond donors (Lipinski definition) is 1. The molecule has 0 spiro atoms. The van der Waals surface area contributed by atoms with E-state index in [0.717, 1.165) is 6.07 Å². The lowest BCUT2D eigenvalue weighted by molar-refractivity contribution is -0.139. The Kier molecular flexibility index (Phi) is 4.13. The van der Waals surface area contributed by atoms with Crippen molar-refractivity contribution in [3.63, 3.8) is 0 Å². The lowest BCUT2D eigenvalue weighted by Gasteiger charge is -2.11. The van der Waals surface area contributed by atoms with Gasteiger partial charge in [-0.3, -0.25) is 9.78 Å². The van der Waals surface area contributed by atoms with E-state index in [9.17, 15) is 22.4 Å². The van der Waals surface area contributed by atoms with Gasteiger partial charge in [-0.2, -0.15) is 13.2 Å². The Balaban J connectivity index is 2.26. The highest BCUT2D eigenvalue weighted by Crippen LogP contribution is 2.33. The molecule has 3 nitrogen and oxygen atoms in total. The summed E-state index contributed by atoms with van der Waals surface area (Å²) in [4.78, 5) is 15.5. The van der Waals surface area contributed by atoms with Gasteiger partial charge in [0, 0.05) is 16.9 Å². The number of halogens is 5. The number of nitrogens with zero attached hydrogens (tertiary/aromatic N) is 1. The van der Waals surface area contributed by atoms with Crippen LogP contribution in [0, 0.1) is 5.82 Å². The standard InChI is InChI=1S/C13H7ClF4N2O/c14-7-3-4-19-11(5-7)12(21)20-8-1-2-10(15)9(6-8)13(16,17)18/h1-6H,(H,20,21). The van der Waals surface area contributed by atoms with Gasteiger partial charge in [0.15, 0.2) is 0 Å². The van der Waals surface area contributed by atoms with Gasteiger partial charge < -0.3 is 5.32 Å². The quantitative estimate of drug-likeness (QED) is 0.845. The lowest BCUT2D eigenvalue weighted by atomic mass is 10.1. The van der Waals surface area contributed by atoms with Gasteiger partial charge in [0.05, 0.1) is 5.56 Å². The van der Waals surface area contributed by atoms with Gasteiger partial charge in [-0.1, -0.05) is 11.6 Å². The number of hydrogen-bond acceptors (Lipinski definition) is 2. The molecule has 8 heteroatoms. The van der Waals surface area contributed by atoms with Crippen molar-refractivity contribution in [3.8, 4) is 0 Å².